The highest BCUT2D eigenvalue weighted by Gasteiger charge is 2.28. The van der Waals surface area contributed by atoms with Crippen LogP contribution in [0, 0.1) is 19.8 Å². The third-order valence-corrected chi connectivity index (χ3v) is 6.68. The summed E-state index contributed by atoms with van der Waals surface area (Å²) in [6, 6.07) is 8.11. The van der Waals surface area contributed by atoms with Gasteiger partial charge in [0.15, 0.2) is 11.6 Å². The lowest BCUT2D eigenvalue weighted by Crippen LogP contribution is -2.36. The van der Waals surface area contributed by atoms with Crippen LogP contribution < -0.4 is 15.6 Å². The molecule has 37 heavy (non-hydrogen) atoms. The minimum Gasteiger partial charge on any atom is -0.455 e. The molecule has 0 spiro atoms. The van der Waals surface area contributed by atoms with Gasteiger partial charge in [-0.25, -0.2) is 4.68 Å². The molecule has 1 aromatic carbocycles. The Labute approximate surface area is 217 Å². The average molecular weight is 508 g/mol. The zero-order valence-electron chi connectivity index (χ0n) is 22.1. The first-order valence-corrected chi connectivity index (χ1v) is 13.0. The quantitative estimate of drug-likeness (QED) is 0.432. The minimum absolute atomic E-state index is 0.289. The van der Waals surface area contributed by atoms with E-state index in [-0.39, 0.29) is 12.5 Å². The number of benzene rings is 1. The van der Waals surface area contributed by atoms with E-state index in [2.05, 4.69) is 15.5 Å². The molecule has 198 valence electrons. The number of nitrogens with one attached hydrogen (secondary N) is 1. The zero-order chi connectivity index (χ0) is 26.6. The number of carbonyl (C=O) groups excluding carboxylic acids is 1. The van der Waals surface area contributed by atoms with Crippen LogP contribution in [0.3, 0.4) is 0 Å². The number of aliphatic hydroxyl groups is 1. The van der Waals surface area contributed by atoms with Crippen LogP contribution in [-0.2, 0) is 11.3 Å². The topological polar surface area (TPSA) is 111 Å². The van der Waals surface area contributed by atoms with E-state index < -0.39 is 17.2 Å². The summed E-state index contributed by atoms with van der Waals surface area (Å²) in [6.45, 7) is 7.63. The van der Waals surface area contributed by atoms with Crippen LogP contribution >= 0.6 is 0 Å². The standard InChI is InChI=1S/C28H37N5O4/c1-19-10-11-24(20(2)14-19)37-22-16-26(34)33(29-17-22)23(15-21-8-6-5-7-9-21)27(35)30-25-12-13-32(31-25)18-28(3,4)36/h10-14,16-17,21,23,36H,5-9,15,18H2,1-4H3,(H,30,31,35). The number of carbonyl (C=O) groups is 1. The molecule has 2 heterocycles. The normalized spacial score (nSPS) is 15.4. The first kappa shape index (κ1) is 26.6. The fourth-order valence-electron chi connectivity index (χ4n) is 4.91. The fraction of sp³-hybridized carbons (Fsp3) is 0.500. The summed E-state index contributed by atoms with van der Waals surface area (Å²) >= 11 is 0. The largest absolute Gasteiger partial charge is 0.455 e. The van der Waals surface area contributed by atoms with Gasteiger partial charge in [0.1, 0.15) is 11.8 Å². The maximum Gasteiger partial charge on any atom is 0.271 e. The number of ether oxygens (including phenoxy) is 1. The van der Waals surface area contributed by atoms with Crippen LogP contribution in [0.1, 0.15) is 69.5 Å². The van der Waals surface area contributed by atoms with E-state index in [9.17, 15) is 14.7 Å². The maximum atomic E-state index is 13.4. The molecule has 0 aliphatic heterocycles. The Balaban J connectivity index is 1.55. The molecule has 1 aliphatic rings. The molecule has 2 aromatic heterocycles. The molecule has 3 aromatic rings. The third kappa shape index (κ3) is 7.29. The lowest BCUT2D eigenvalue weighted by Gasteiger charge is -2.26. The summed E-state index contributed by atoms with van der Waals surface area (Å²) in [5.74, 6) is 1.36. The van der Waals surface area contributed by atoms with E-state index >= 15 is 0 Å². The smallest absolute Gasteiger partial charge is 0.271 e. The van der Waals surface area contributed by atoms with E-state index in [1.807, 2.05) is 32.0 Å². The number of aryl methyl sites for hydroxylation is 2. The summed E-state index contributed by atoms with van der Waals surface area (Å²) in [5, 5.41) is 21.6. The Kier molecular flexibility index (Phi) is 8.12. The summed E-state index contributed by atoms with van der Waals surface area (Å²) in [7, 11) is 0. The Bertz CT molecular complexity index is 1280. The van der Waals surface area contributed by atoms with Gasteiger partial charge in [-0.15, -0.1) is 0 Å². The van der Waals surface area contributed by atoms with Crippen molar-refractivity contribution in [3.8, 4) is 11.5 Å². The third-order valence-electron chi connectivity index (χ3n) is 6.68. The molecule has 9 heteroatoms. The lowest BCUT2D eigenvalue weighted by molar-refractivity contribution is -0.120. The number of hydrogen-bond acceptors (Lipinski definition) is 6. The van der Waals surface area contributed by atoms with Crippen LogP contribution in [0.25, 0.3) is 0 Å². The highest BCUT2D eigenvalue weighted by molar-refractivity contribution is 5.92. The van der Waals surface area contributed by atoms with Crippen molar-refractivity contribution in [1.82, 2.24) is 19.6 Å². The fourth-order valence-corrected chi connectivity index (χ4v) is 4.91. The second-order valence-corrected chi connectivity index (χ2v) is 10.8. The van der Waals surface area contributed by atoms with Crippen LogP contribution in [0.5, 0.6) is 11.5 Å². The molecule has 1 fully saturated rings. The highest BCUT2D eigenvalue weighted by atomic mass is 16.5. The predicted molar refractivity (Wildman–Crippen MR) is 142 cm³/mol. The van der Waals surface area contributed by atoms with Crippen molar-refractivity contribution in [1.29, 1.82) is 0 Å². The van der Waals surface area contributed by atoms with E-state index in [4.69, 9.17) is 4.74 Å². The number of nitrogens with zero attached hydrogens (tertiary/aromatic N) is 4. The number of amides is 1. The van der Waals surface area contributed by atoms with Crippen molar-refractivity contribution in [2.45, 2.75) is 84.4 Å². The van der Waals surface area contributed by atoms with Crippen LogP contribution in [-0.4, -0.2) is 36.2 Å². The van der Waals surface area contributed by atoms with E-state index in [1.54, 1.807) is 30.8 Å². The van der Waals surface area contributed by atoms with E-state index in [0.29, 0.717) is 29.7 Å². The van der Waals surface area contributed by atoms with Crippen LogP contribution in [0.2, 0.25) is 0 Å². The van der Waals surface area contributed by atoms with Crippen LogP contribution in [0.4, 0.5) is 5.82 Å². The van der Waals surface area contributed by atoms with Crippen molar-refractivity contribution in [3.05, 3.63) is 64.2 Å². The second kappa shape index (κ2) is 11.3. The molecule has 1 saturated carbocycles. The number of rotatable bonds is 9. The van der Waals surface area contributed by atoms with Gasteiger partial charge < -0.3 is 15.2 Å². The van der Waals surface area contributed by atoms with Crippen molar-refractivity contribution in [2.24, 2.45) is 5.92 Å². The van der Waals surface area contributed by atoms with Crippen LogP contribution in [0.15, 0.2) is 47.5 Å². The van der Waals surface area contributed by atoms with Crippen molar-refractivity contribution in [3.63, 3.8) is 0 Å². The molecule has 0 bridgehead atoms. The molecule has 1 amide bonds. The minimum atomic E-state index is -0.936. The Morgan fingerprint density at radius 1 is 1.19 bits per heavy atom. The van der Waals surface area contributed by atoms with Crippen molar-refractivity contribution in [2.75, 3.05) is 5.32 Å². The van der Waals surface area contributed by atoms with Gasteiger partial charge in [0.2, 0.25) is 0 Å². The molecule has 0 saturated heterocycles. The highest BCUT2D eigenvalue weighted by Crippen LogP contribution is 2.31. The lowest BCUT2D eigenvalue weighted by atomic mass is 9.84. The summed E-state index contributed by atoms with van der Waals surface area (Å²) in [4.78, 5) is 26.6. The monoisotopic (exact) mass is 507 g/mol. The first-order valence-electron chi connectivity index (χ1n) is 13.0. The molecule has 1 unspecified atom stereocenters. The van der Waals surface area contributed by atoms with Gasteiger partial charge in [0.05, 0.1) is 18.3 Å². The van der Waals surface area contributed by atoms with Crippen molar-refractivity contribution < 1.29 is 14.6 Å². The van der Waals surface area contributed by atoms with E-state index in [0.717, 1.165) is 36.8 Å². The SMILES string of the molecule is Cc1ccc(Oc2cnn(C(CC3CCCCC3)C(=O)Nc3ccn(CC(C)(C)O)n3)c(=O)c2)c(C)c1. The molecule has 0 radical (unpaired) electrons. The number of anilines is 1. The van der Waals surface area contributed by atoms with E-state index in [1.165, 1.54) is 23.4 Å². The molecular weight excluding hydrogens is 470 g/mol. The number of aromatic nitrogens is 4. The molecule has 2 N–H and O–H groups in total. The summed E-state index contributed by atoms with van der Waals surface area (Å²) in [5.41, 5.74) is 0.753. The molecular formula is C28H37N5O4. The van der Waals surface area contributed by atoms with Gasteiger partial charge in [0.25, 0.3) is 11.5 Å². The predicted octanol–water partition coefficient (Wildman–Crippen LogP) is 4.77. The van der Waals surface area contributed by atoms with Gasteiger partial charge in [0, 0.05) is 18.3 Å². The van der Waals surface area contributed by atoms with Gasteiger partial charge in [-0.2, -0.15) is 10.2 Å². The van der Waals surface area contributed by atoms with Gasteiger partial charge in [-0.05, 0) is 51.7 Å². The van der Waals surface area contributed by atoms with Crippen molar-refractivity contribution >= 4 is 11.7 Å². The van der Waals surface area contributed by atoms with Gasteiger partial charge in [-0.3, -0.25) is 14.3 Å². The maximum absolute atomic E-state index is 13.4. The van der Waals surface area contributed by atoms with Gasteiger partial charge >= 0.3 is 0 Å². The molecule has 1 atom stereocenters. The Morgan fingerprint density at radius 2 is 1.95 bits per heavy atom. The second-order valence-electron chi connectivity index (χ2n) is 10.8. The number of hydrogen-bond donors (Lipinski definition) is 2. The summed E-state index contributed by atoms with van der Waals surface area (Å²) < 4.78 is 8.75. The molecule has 1 aliphatic carbocycles. The molecule has 4 rings (SSSR count). The average Bonchev–Trinajstić information content (AvgIpc) is 3.25. The summed E-state index contributed by atoms with van der Waals surface area (Å²) in [6.07, 6.45) is 9.25. The first-order chi connectivity index (χ1) is 17.6. The zero-order valence-corrected chi connectivity index (χ0v) is 22.1. The Morgan fingerprint density at radius 3 is 2.62 bits per heavy atom. The molecule has 9 nitrogen and oxygen atoms in total. The Hall–Kier alpha value is -3.46. The van der Waals surface area contributed by atoms with Gasteiger partial charge in [-0.1, -0.05) is 49.8 Å².